The molecule has 1 saturated heterocycles. The molecule has 0 spiro atoms. The average molecular weight is 224 g/mol. The minimum absolute atomic E-state index is 0.319. The van der Waals surface area contributed by atoms with Gasteiger partial charge >= 0.3 is 0 Å². The number of anilines is 1. The Kier molecular flexibility index (Phi) is 3.90. The van der Waals surface area contributed by atoms with E-state index in [0.717, 1.165) is 26.3 Å². The van der Waals surface area contributed by atoms with Crippen LogP contribution in [-0.4, -0.2) is 49.4 Å². The fourth-order valence-corrected chi connectivity index (χ4v) is 1.48. The van der Waals surface area contributed by atoms with Crippen LogP contribution in [0, 0.1) is 0 Å². The van der Waals surface area contributed by atoms with Crippen LogP contribution in [0.4, 0.5) is 5.95 Å². The van der Waals surface area contributed by atoms with E-state index in [2.05, 4.69) is 20.6 Å². The molecule has 0 saturated carbocycles. The van der Waals surface area contributed by atoms with Gasteiger partial charge in [-0.1, -0.05) is 0 Å². The van der Waals surface area contributed by atoms with Crippen molar-refractivity contribution >= 4 is 5.95 Å². The highest BCUT2D eigenvalue weighted by Gasteiger charge is 2.12. The van der Waals surface area contributed by atoms with E-state index in [0.29, 0.717) is 17.7 Å². The number of rotatable bonds is 4. The van der Waals surface area contributed by atoms with Crippen LogP contribution in [-0.2, 0) is 4.74 Å². The standard InChI is InChI=1S/C10H16N4O2/c1-15-9-5-13-10(14-6-9)12-4-8-7-16-3-2-11-8/h5-6,8,11H,2-4,7H2,1H3,(H,12,13,14). The lowest BCUT2D eigenvalue weighted by Gasteiger charge is -2.23. The molecule has 0 bridgehead atoms. The first-order valence-corrected chi connectivity index (χ1v) is 5.29. The summed E-state index contributed by atoms with van der Waals surface area (Å²) in [4.78, 5) is 8.24. The van der Waals surface area contributed by atoms with Crippen LogP contribution in [0.1, 0.15) is 0 Å². The lowest BCUT2D eigenvalue weighted by Crippen LogP contribution is -2.45. The van der Waals surface area contributed by atoms with Crippen molar-refractivity contribution in [2.75, 3.05) is 38.7 Å². The van der Waals surface area contributed by atoms with E-state index in [1.165, 1.54) is 0 Å². The second kappa shape index (κ2) is 5.62. The molecule has 0 aromatic carbocycles. The van der Waals surface area contributed by atoms with Gasteiger partial charge in [0.1, 0.15) is 0 Å². The van der Waals surface area contributed by atoms with Gasteiger partial charge in [0.15, 0.2) is 5.75 Å². The third-order valence-corrected chi connectivity index (χ3v) is 2.37. The smallest absolute Gasteiger partial charge is 0.222 e. The van der Waals surface area contributed by atoms with Gasteiger partial charge in [0, 0.05) is 19.1 Å². The van der Waals surface area contributed by atoms with Crippen molar-refractivity contribution in [3.63, 3.8) is 0 Å². The maximum atomic E-state index is 5.34. The van der Waals surface area contributed by atoms with E-state index in [1.54, 1.807) is 19.5 Å². The predicted octanol–water partition coefficient (Wildman–Crippen LogP) is -0.114. The summed E-state index contributed by atoms with van der Waals surface area (Å²) in [5.41, 5.74) is 0. The SMILES string of the molecule is COc1cnc(NCC2COCCN2)nc1. The number of nitrogens with zero attached hydrogens (tertiary/aromatic N) is 2. The molecule has 16 heavy (non-hydrogen) atoms. The highest BCUT2D eigenvalue weighted by atomic mass is 16.5. The maximum Gasteiger partial charge on any atom is 0.222 e. The number of aromatic nitrogens is 2. The predicted molar refractivity (Wildman–Crippen MR) is 59.7 cm³/mol. The first-order valence-electron chi connectivity index (χ1n) is 5.29. The molecule has 0 amide bonds. The molecule has 88 valence electrons. The summed E-state index contributed by atoms with van der Waals surface area (Å²) < 4.78 is 10.3. The Morgan fingerprint density at radius 2 is 2.38 bits per heavy atom. The monoisotopic (exact) mass is 224 g/mol. The minimum atomic E-state index is 0.319. The topological polar surface area (TPSA) is 68.3 Å². The Hall–Kier alpha value is -1.40. The molecule has 1 aliphatic heterocycles. The fourth-order valence-electron chi connectivity index (χ4n) is 1.48. The van der Waals surface area contributed by atoms with Crippen molar-refractivity contribution in [1.29, 1.82) is 0 Å². The number of morpholine rings is 1. The summed E-state index contributed by atoms with van der Waals surface area (Å²) in [6.07, 6.45) is 3.28. The number of nitrogens with one attached hydrogen (secondary N) is 2. The first kappa shape index (κ1) is 11.1. The molecule has 6 heteroatoms. The zero-order valence-corrected chi connectivity index (χ0v) is 9.27. The lowest BCUT2D eigenvalue weighted by atomic mass is 10.3. The molecule has 1 unspecified atom stereocenters. The van der Waals surface area contributed by atoms with Crippen molar-refractivity contribution in [3.05, 3.63) is 12.4 Å². The Morgan fingerprint density at radius 3 is 3.00 bits per heavy atom. The number of hydrogen-bond donors (Lipinski definition) is 2. The van der Waals surface area contributed by atoms with Crippen molar-refractivity contribution in [2.24, 2.45) is 0 Å². The molecular weight excluding hydrogens is 208 g/mol. The van der Waals surface area contributed by atoms with Crippen molar-refractivity contribution < 1.29 is 9.47 Å². The fraction of sp³-hybridized carbons (Fsp3) is 0.600. The van der Waals surface area contributed by atoms with Gasteiger partial charge in [-0.3, -0.25) is 0 Å². The normalized spacial score (nSPS) is 20.4. The van der Waals surface area contributed by atoms with E-state index < -0.39 is 0 Å². The Morgan fingerprint density at radius 1 is 1.56 bits per heavy atom. The van der Waals surface area contributed by atoms with Gasteiger partial charge in [0.05, 0.1) is 32.7 Å². The summed E-state index contributed by atoms with van der Waals surface area (Å²) in [7, 11) is 1.59. The number of hydrogen-bond acceptors (Lipinski definition) is 6. The highest BCUT2D eigenvalue weighted by molar-refractivity contribution is 5.27. The van der Waals surface area contributed by atoms with Crippen LogP contribution in [0.25, 0.3) is 0 Å². The largest absolute Gasteiger partial charge is 0.494 e. The van der Waals surface area contributed by atoms with Crippen LogP contribution in [0.5, 0.6) is 5.75 Å². The van der Waals surface area contributed by atoms with E-state index in [-0.39, 0.29) is 0 Å². The van der Waals surface area contributed by atoms with E-state index in [9.17, 15) is 0 Å². The molecule has 1 atom stereocenters. The van der Waals surface area contributed by atoms with Crippen molar-refractivity contribution in [2.45, 2.75) is 6.04 Å². The molecule has 1 aromatic rings. The summed E-state index contributed by atoms with van der Waals surface area (Å²) in [6, 6.07) is 0.319. The molecule has 6 nitrogen and oxygen atoms in total. The maximum absolute atomic E-state index is 5.34. The molecule has 1 fully saturated rings. The lowest BCUT2D eigenvalue weighted by molar-refractivity contribution is 0.0806. The van der Waals surface area contributed by atoms with Gasteiger partial charge in [-0.15, -0.1) is 0 Å². The van der Waals surface area contributed by atoms with Gasteiger partial charge in [-0.25, -0.2) is 9.97 Å². The Balaban J connectivity index is 1.79. The summed E-state index contributed by atoms with van der Waals surface area (Å²) in [5.74, 6) is 1.26. The zero-order chi connectivity index (χ0) is 11.2. The van der Waals surface area contributed by atoms with Crippen molar-refractivity contribution in [1.82, 2.24) is 15.3 Å². The highest BCUT2D eigenvalue weighted by Crippen LogP contribution is 2.07. The molecule has 2 N–H and O–H groups in total. The van der Waals surface area contributed by atoms with Gasteiger partial charge in [-0.05, 0) is 0 Å². The van der Waals surface area contributed by atoms with Crippen LogP contribution in [0.3, 0.4) is 0 Å². The van der Waals surface area contributed by atoms with Gasteiger partial charge in [0.2, 0.25) is 5.95 Å². The molecule has 2 heterocycles. The first-order chi connectivity index (χ1) is 7.88. The molecule has 0 aliphatic carbocycles. The van der Waals surface area contributed by atoms with Crippen LogP contribution >= 0.6 is 0 Å². The second-order valence-electron chi connectivity index (χ2n) is 3.55. The van der Waals surface area contributed by atoms with Gasteiger partial charge in [0.25, 0.3) is 0 Å². The summed E-state index contributed by atoms with van der Waals surface area (Å²) in [6.45, 7) is 3.17. The Bertz CT molecular complexity index is 311. The minimum Gasteiger partial charge on any atom is -0.494 e. The van der Waals surface area contributed by atoms with Crippen LogP contribution < -0.4 is 15.4 Å². The third-order valence-electron chi connectivity index (χ3n) is 2.37. The number of methoxy groups -OCH3 is 1. The average Bonchev–Trinajstić information content (AvgIpc) is 2.38. The summed E-state index contributed by atoms with van der Waals surface area (Å²) in [5, 5.41) is 6.49. The van der Waals surface area contributed by atoms with Gasteiger partial charge < -0.3 is 20.1 Å². The van der Waals surface area contributed by atoms with Crippen LogP contribution in [0.15, 0.2) is 12.4 Å². The molecule has 0 radical (unpaired) electrons. The van der Waals surface area contributed by atoms with E-state index in [1.807, 2.05) is 0 Å². The molecule has 1 aliphatic rings. The molecule has 2 rings (SSSR count). The number of ether oxygens (including phenoxy) is 2. The summed E-state index contributed by atoms with van der Waals surface area (Å²) >= 11 is 0. The van der Waals surface area contributed by atoms with Crippen LogP contribution in [0.2, 0.25) is 0 Å². The quantitative estimate of drug-likeness (QED) is 0.743. The molecular formula is C10H16N4O2. The Labute approximate surface area is 94.4 Å². The van der Waals surface area contributed by atoms with Gasteiger partial charge in [-0.2, -0.15) is 0 Å². The second-order valence-corrected chi connectivity index (χ2v) is 3.55. The van der Waals surface area contributed by atoms with Crippen molar-refractivity contribution in [3.8, 4) is 5.75 Å². The molecule has 1 aromatic heterocycles. The van der Waals surface area contributed by atoms with E-state index >= 15 is 0 Å². The zero-order valence-electron chi connectivity index (χ0n) is 9.27. The van der Waals surface area contributed by atoms with E-state index in [4.69, 9.17) is 9.47 Å². The third kappa shape index (κ3) is 3.04.